The molecule has 4 heteroatoms. The van der Waals surface area contributed by atoms with Gasteiger partial charge in [-0.1, -0.05) is 48.9 Å². The number of benzene rings is 2. The second kappa shape index (κ2) is 5.70. The minimum atomic E-state index is 0.118. The first kappa shape index (κ1) is 13.8. The molecule has 0 aliphatic carbocycles. The highest BCUT2D eigenvalue weighted by molar-refractivity contribution is 6.31. The molecule has 0 bridgehead atoms. The van der Waals surface area contributed by atoms with E-state index < -0.39 is 0 Å². The molecule has 0 radical (unpaired) electrons. The predicted octanol–water partition coefficient (Wildman–Crippen LogP) is 3.82. The molecule has 1 unspecified atom stereocenters. The highest BCUT2D eigenvalue weighted by atomic mass is 35.5. The number of hydrogen-bond donors (Lipinski definition) is 1. The molecule has 0 aromatic heterocycles. The summed E-state index contributed by atoms with van der Waals surface area (Å²) in [6.07, 6.45) is 0. The monoisotopic (exact) mass is 297 g/mol. The molecule has 1 heterocycles. The maximum absolute atomic E-state index is 6.15. The molecule has 3 rings (SSSR count). The van der Waals surface area contributed by atoms with Gasteiger partial charge in [-0.2, -0.15) is 0 Å². The second-order valence-corrected chi connectivity index (χ2v) is 5.59. The number of amidine groups is 1. The second-order valence-electron chi connectivity index (χ2n) is 5.15. The van der Waals surface area contributed by atoms with Gasteiger partial charge >= 0.3 is 0 Å². The average molecular weight is 298 g/mol. The van der Waals surface area contributed by atoms with E-state index in [9.17, 15) is 0 Å². The average Bonchev–Trinajstić information content (AvgIpc) is 2.49. The molecule has 0 saturated heterocycles. The van der Waals surface area contributed by atoms with Crippen molar-refractivity contribution in [2.45, 2.75) is 6.92 Å². The third kappa shape index (κ3) is 2.83. The van der Waals surface area contributed by atoms with Gasteiger partial charge in [-0.25, -0.2) is 4.99 Å². The van der Waals surface area contributed by atoms with E-state index in [0.717, 1.165) is 22.5 Å². The first-order chi connectivity index (χ1) is 10.1. The predicted molar refractivity (Wildman–Crippen MR) is 88.8 cm³/mol. The molecule has 1 aliphatic rings. The molecule has 1 aliphatic heterocycles. The molecular formula is C17H16ClN3. The Morgan fingerprint density at radius 1 is 1.14 bits per heavy atom. The molecule has 0 spiro atoms. The lowest BCUT2D eigenvalue weighted by atomic mass is 9.99. The van der Waals surface area contributed by atoms with Crippen LogP contribution in [0.2, 0.25) is 5.02 Å². The van der Waals surface area contributed by atoms with E-state index in [1.807, 2.05) is 55.5 Å². The van der Waals surface area contributed by atoms with Gasteiger partial charge in [-0.3, -0.25) is 4.99 Å². The summed E-state index contributed by atoms with van der Waals surface area (Å²) in [5.74, 6) is 0.724. The topological polar surface area (TPSA) is 50.7 Å². The van der Waals surface area contributed by atoms with Crippen molar-refractivity contribution in [1.29, 1.82) is 0 Å². The normalized spacial score (nSPS) is 18.1. The molecule has 2 aromatic carbocycles. The number of nitrogens with two attached hydrogens (primary N) is 1. The van der Waals surface area contributed by atoms with Crippen LogP contribution in [0.1, 0.15) is 18.1 Å². The van der Waals surface area contributed by atoms with Crippen molar-refractivity contribution in [2.24, 2.45) is 21.6 Å². The van der Waals surface area contributed by atoms with Crippen molar-refractivity contribution in [3.63, 3.8) is 0 Å². The van der Waals surface area contributed by atoms with Crippen LogP contribution in [0.4, 0.5) is 5.69 Å². The van der Waals surface area contributed by atoms with Crippen LogP contribution in [0, 0.1) is 5.92 Å². The quantitative estimate of drug-likeness (QED) is 0.855. The fourth-order valence-electron chi connectivity index (χ4n) is 2.29. The number of fused-ring (bicyclic) bond motifs is 1. The fraction of sp³-hybridized carbons (Fsp3) is 0.176. The summed E-state index contributed by atoms with van der Waals surface area (Å²) < 4.78 is 0. The van der Waals surface area contributed by atoms with E-state index >= 15 is 0 Å². The SMILES string of the molecule is CC1CN=C(c2ccccc2)c2cc(Cl)ccc2N=C1N. The van der Waals surface area contributed by atoms with Gasteiger partial charge in [0.1, 0.15) is 5.84 Å². The van der Waals surface area contributed by atoms with E-state index in [1.54, 1.807) is 0 Å². The number of nitrogens with zero attached hydrogens (tertiary/aromatic N) is 2. The van der Waals surface area contributed by atoms with Gasteiger partial charge < -0.3 is 5.73 Å². The largest absolute Gasteiger partial charge is 0.387 e. The Balaban J connectivity index is 2.22. The zero-order chi connectivity index (χ0) is 14.8. The number of hydrogen-bond acceptors (Lipinski definition) is 3. The van der Waals surface area contributed by atoms with Gasteiger partial charge in [0.25, 0.3) is 0 Å². The van der Waals surface area contributed by atoms with Crippen molar-refractivity contribution >= 4 is 28.8 Å². The minimum absolute atomic E-state index is 0.118. The van der Waals surface area contributed by atoms with E-state index in [0.29, 0.717) is 17.4 Å². The maximum Gasteiger partial charge on any atom is 0.104 e. The van der Waals surface area contributed by atoms with Crippen molar-refractivity contribution in [1.82, 2.24) is 0 Å². The van der Waals surface area contributed by atoms with Crippen molar-refractivity contribution in [3.05, 3.63) is 64.7 Å². The smallest absolute Gasteiger partial charge is 0.104 e. The summed E-state index contributed by atoms with van der Waals surface area (Å²) in [7, 11) is 0. The first-order valence-corrected chi connectivity index (χ1v) is 7.27. The Kier molecular flexibility index (Phi) is 3.76. The van der Waals surface area contributed by atoms with E-state index in [2.05, 4.69) is 4.99 Å². The summed E-state index contributed by atoms with van der Waals surface area (Å²) in [6.45, 7) is 2.65. The summed E-state index contributed by atoms with van der Waals surface area (Å²) in [5, 5.41) is 0.666. The lowest BCUT2D eigenvalue weighted by molar-refractivity contribution is 0.775. The van der Waals surface area contributed by atoms with Gasteiger partial charge in [0.2, 0.25) is 0 Å². The van der Waals surface area contributed by atoms with Gasteiger partial charge in [0, 0.05) is 28.6 Å². The lowest BCUT2D eigenvalue weighted by Gasteiger charge is -2.17. The first-order valence-electron chi connectivity index (χ1n) is 6.89. The standard InChI is InChI=1S/C17H16ClN3/c1-11-10-20-16(12-5-3-2-4-6-12)14-9-13(18)7-8-15(14)21-17(11)19/h2-9,11H,10H2,1H3,(H2,19,21). The molecule has 1 atom stereocenters. The van der Waals surface area contributed by atoms with Crippen LogP contribution in [-0.2, 0) is 0 Å². The van der Waals surface area contributed by atoms with Crippen LogP contribution < -0.4 is 5.73 Å². The Bertz CT molecular complexity index is 720. The highest BCUT2D eigenvalue weighted by Gasteiger charge is 2.17. The molecular weight excluding hydrogens is 282 g/mol. The van der Waals surface area contributed by atoms with E-state index in [4.69, 9.17) is 22.3 Å². The Labute approximate surface area is 129 Å². The molecule has 3 nitrogen and oxygen atoms in total. The van der Waals surface area contributed by atoms with Crippen LogP contribution in [-0.4, -0.2) is 18.1 Å². The van der Waals surface area contributed by atoms with Crippen molar-refractivity contribution in [2.75, 3.05) is 6.54 Å². The zero-order valence-electron chi connectivity index (χ0n) is 11.8. The van der Waals surface area contributed by atoms with Gasteiger partial charge in [-0.05, 0) is 18.2 Å². The lowest BCUT2D eigenvalue weighted by Crippen LogP contribution is -2.25. The van der Waals surface area contributed by atoms with Crippen LogP contribution in [0.15, 0.2) is 58.5 Å². The third-order valence-electron chi connectivity index (χ3n) is 3.54. The highest BCUT2D eigenvalue weighted by Crippen LogP contribution is 2.28. The van der Waals surface area contributed by atoms with Crippen molar-refractivity contribution in [3.8, 4) is 0 Å². The Morgan fingerprint density at radius 2 is 1.90 bits per heavy atom. The molecule has 2 N–H and O–H groups in total. The number of aliphatic imine (C=N–C) groups is 2. The molecule has 21 heavy (non-hydrogen) atoms. The molecule has 106 valence electrons. The van der Waals surface area contributed by atoms with Crippen LogP contribution in [0.25, 0.3) is 0 Å². The molecule has 2 aromatic rings. The number of halogens is 1. The van der Waals surface area contributed by atoms with Crippen LogP contribution in [0.5, 0.6) is 0 Å². The molecule has 0 saturated carbocycles. The summed E-state index contributed by atoms with van der Waals surface area (Å²) >= 11 is 6.15. The van der Waals surface area contributed by atoms with Gasteiger partial charge in [0.15, 0.2) is 0 Å². The van der Waals surface area contributed by atoms with Gasteiger partial charge in [-0.15, -0.1) is 0 Å². The summed E-state index contributed by atoms with van der Waals surface area (Å²) in [4.78, 5) is 9.32. The zero-order valence-corrected chi connectivity index (χ0v) is 12.5. The Hall–Kier alpha value is -2.13. The van der Waals surface area contributed by atoms with E-state index in [1.165, 1.54) is 0 Å². The fourth-order valence-corrected chi connectivity index (χ4v) is 2.47. The molecule has 0 fully saturated rings. The summed E-state index contributed by atoms with van der Waals surface area (Å²) in [5.41, 5.74) is 9.74. The van der Waals surface area contributed by atoms with Gasteiger partial charge in [0.05, 0.1) is 11.4 Å². The van der Waals surface area contributed by atoms with Crippen LogP contribution >= 0.6 is 11.6 Å². The maximum atomic E-state index is 6.15. The minimum Gasteiger partial charge on any atom is -0.387 e. The summed E-state index contributed by atoms with van der Waals surface area (Å²) in [6, 6.07) is 15.7. The van der Waals surface area contributed by atoms with Crippen LogP contribution in [0.3, 0.4) is 0 Å². The number of rotatable bonds is 1. The van der Waals surface area contributed by atoms with Crippen molar-refractivity contribution < 1.29 is 0 Å². The van der Waals surface area contributed by atoms with E-state index in [-0.39, 0.29) is 5.92 Å². The Morgan fingerprint density at radius 3 is 2.67 bits per heavy atom. The molecule has 0 amide bonds. The third-order valence-corrected chi connectivity index (χ3v) is 3.77.